The summed E-state index contributed by atoms with van der Waals surface area (Å²) in [5.41, 5.74) is 2.77. The van der Waals surface area contributed by atoms with Crippen molar-refractivity contribution in [2.24, 2.45) is 0 Å². The molecule has 8 heteroatoms. The van der Waals surface area contributed by atoms with E-state index in [9.17, 15) is 13.2 Å². The summed E-state index contributed by atoms with van der Waals surface area (Å²) in [6.45, 7) is 1.08. The summed E-state index contributed by atoms with van der Waals surface area (Å²) in [6.07, 6.45) is 0.995. The first-order chi connectivity index (χ1) is 14.5. The van der Waals surface area contributed by atoms with E-state index in [1.165, 1.54) is 4.31 Å². The minimum absolute atomic E-state index is 0.0150. The van der Waals surface area contributed by atoms with Crippen molar-refractivity contribution in [2.45, 2.75) is 19.4 Å². The molecule has 0 bridgehead atoms. The number of fused-ring (bicyclic) bond motifs is 2. The van der Waals surface area contributed by atoms with Crippen molar-refractivity contribution in [3.63, 3.8) is 0 Å². The Balaban J connectivity index is 1.29. The van der Waals surface area contributed by atoms with Crippen LogP contribution in [-0.2, 0) is 23.0 Å². The van der Waals surface area contributed by atoms with Gasteiger partial charge < -0.3 is 14.5 Å². The number of amides is 1. The number of para-hydroxylation sites is 1. The zero-order valence-electron chi connectivity index (χ0n) is 16.8. The Morgan fingerprint density at radius 1 is 1.17 bits per heavy atom. The molecule has 0 saturated heterocycles. The van der Waals surface area contributed by atoms with Crippen LogP contribution >= 0.6 is 0 Å². The molecule has 30 heavy (non-hydrogen) atoms. The lowest BCUT2D eigenvalue weighted by Gasteiger charge is -2.28. The van der Waals surface area contributed by atoms with Gasteiger partial charge in [-0.05, 0) is 48.2 Å². The van der Waals surface area contributed by atoms with E-state index in [0.29, 0.717) is 31.5 Å². The highest BCUT2D eigenvalue weighted by atomic mass is 32.2. The number of carbonyl (C=O) groups is 1. The predicted molar refractivity (Wildman–Crippen MR) is 114 cm³/mol. The van der Waals surface area contributed by atoms with Crippen LogP contribution < -0.4 is 10.1 Å². The number of nitrogens with one attached hydrogen (secondary N) is 1. The molecule has 7 nitrogen and oxygen atoms in total. The van der Waals surface area contributed by atoms with Gasteiger partial charge in [0.1, 0.15) is 11.3 Å². The van der Waals surface area contributed by atoms with Crippen molar-refractivity contribution in [3.05, 3.63) is 65.4 Å². The Bertz CT molecular complexity index is 1140. The van der Waals surface area contributed by atoms with Gasteiger partial charge in [-0.3, -0.25) is 4.79 Å². The quantitative estimate of drug-likeness (QED) is 0.585. The number of benzene rings is 2. The molecule has 0 fully saturated rings. The normalized spacial score (nSPS) is 14.4. The Morgan fingerprint density at radius 2 is 2.00 bits per heavy atom. The maximum Gasteiger partial charge on any atom is 0.287 e. The van der Waals surface area contributed by atoms with Crippen LogP contribution in [0.4, 0.5) is 0 Å². The average Bonchev–Trinajstić information content (AvgIpc) is 3.20. The van der Waals surface area contributed by atoms with Crippen LogP contribution in [0.1, 0.15) is 28.1 Å². The summed E-state index contributed by atoms with van der Waals surface area (Å²) in [4.78, 5) is 12.3. The van der Waals surface area contributed by atoms with Crippen molar-refractivity contribution in [3.8, 4) is 5.75 Å². The maximum atomic E-state index is 12.7. The van der Waals surface area contributed by atoms with E-state index in [0.717, 1.165) is 22.3 Å². The standard InChI is InChI=1S/C22H24N2O5S/c1-28-19-8-7-18-15-24(11-9-16(18)13-19)30(26,27)12-4-10-23-22(25)21-14-17-5-2-3-6-20(17)29-21/h2-3,5-8,13-14H,4,9-12,15H2,1H3,(H,23,25). The molecular formula is C22H24N2O5S. The third-order valence-electron chi connectivity index (χ3n) is 5.30. The first-order valence-corrected chi connectivity index (χ1v) is 11.5. The molecule has 0 spiro atoms. The minimum atomic E-state index is -3.40. The van der Waals surface area contributed by atoms with Crippen LogP contribution in [0.3, 0.4) is 0 Å². The smallest absolute Gasteiger partial charge is 0.287 e. The monoisotopic (exact) mass is 428 g/mol. The molecule has 0 aliphatic carbocycles. The highest BCUT2D eigenvalue weighted by molar-refractivity contribution is 7.89. The van der Waals surface area contributed by atoms with Gasteiger partial charge in [0.05, 0.1) is 12.9 Å². The fourth-order valence-corrected chi connectivity index (χ4v) is 5.11. The van der Waals surface area contributed by atoms with Crippen molar-refractivity contribution >= 4 is 26.9 Å². The minimum Gasteiger partial charge on any atom is -0.497 e. The molecule has 0 atom stereocenters. The summed E-state index contributed by atoms with van der Waals surface area (Å²) >= 11 is 0. The lowest BCUT2D eigenvalue weighted by Crippen LogP contribution is -2.38. The number of hydrogen-bond donors (Lipinski definition) is 1. The fraction of sp³-hybridized carbons (Fsp3) is 0.318. The van der Waals surface area contributed by atoms with Crippen molar-refractivity contribution in [1.82, 2.24) is 9.62 Å². The SMILES string of the molecule is COc1ccc2c(c1)CCN(S(=O)(=O)CCCNC(=O)c1cc3ccccc3o1)C2. The van der Waals surface area contributed by atoms with Gasteiger partial charge in [0.25, 0.3) is 5.91 Å². The second-order valence-corrected chi connectivity index (χ2v) is 9.38. The third-order valence-corrected chi connectivity index (χ3v) is 7.20. The molecule has 1 aliphatic rings. The van der Waals surface area contributed by atoms with E-state index in [1.54, 1.807) is 19.2 Å². The second-order valence-electron chi connectivity index (χ2n) is 7.29. The molecule has 4 rings (SSSR count). The maximum absolute atomic E-state index is 12.7. The molecule has 3 aromatic rings. The summed E-state index contributed by atoms with van der Waals surface area (Å²) in [7, 11) is -1.78. The number of methoxy groups -OCH3 is 1. The van der Waals surface area contributed by atoms with Gasteiger partial charge in [0, 0.05) is 25.0 Å². The fourth-order valence-electron chi connectivity index (χ4n) is 3.63. The summed E-state index contributed by atoms with van der Waals surface area (Å²) in [5.74, 6) is 0.649. The summed E-state index contributed by atoms with van der Waals surface area (Å²) in [6, 6.07) is 14.8. The molecule has 0 radical (unpaired) electrons. The molecule has 1 N–H and O–H groups in total. The topological polar surface area (TPSA) is 88.9 Å². The molecule has 1 aliphatic heterocycles. The van der Waals surface area contributed by atoms with Gasteiger partial charge in [-0.25, -0.2) is 8.42 Å². The molecular weight excluding hydrogens is 404 g/mol. The van der Waals surface area contributed by atoms with Gasteiger partial charge in [0.15, 0.2) is 5.76 Å². The number of carbonyl (C=O) groups excluding carboxylic acids is 1. The van der Waals surface area contributed by atoms with Gasteiger partial charge in [-0.15, -0.1) is 0 Å². The van der Waals surface area contributed by atoms with Crippen molar-refractivity contribution in [2.75, 3.05) is 26.0 Å². The van der Waals surface area contributed by atoms with Crippen LogP contribution in [0, 0.1) is 0 Å². The Morgan fingerprint density at radius 3 is 2.80 bits per heavy atom. The third kappa shape index (κ3) is 4.34. The summed E-state index contributed by atoms with van der Waals surface area (Å²) in [5, 5.41) is 3.59. The van der Waals surface area contributed by atoms with E-state index in [1.807, 2.05) is 36.4 Å². The lowest BCUT2D eigenvalue weighted by atomic mass is 10.0. The number of nitrogens with zero attached hydrogens (tertiary/aromatic N) is 1. The first kappa shape index (κ1) is 20.4. The number of rotatable bonds is 7. The molecule has 1 amide bonds. The zero-order valence-corrected chi connectivity index (χ0v) is 17.6. The summed E-state index contributed by atoms with van der Waals surface area (Å²) < 4.78 is 37.7. The second kappa shape index (κ2) is 8.49. The van der Waals surface area contributed by atoms with E-state index in [-0.39, 0.29) is 24.0 Å². The predicted octanol–water partition coefficient (Wildman–Crippen LogP) is 2.95. The molecule has 0 saturated carbocycles. The van der Waals surface area contributed by atoms with Gasteiger partial charge >= 0.3 is 0 Å². The molecule has 0 unspecified atom stereocenters. The highest BCUT2D eigenvalue weighted by Gasteiger charge is 2.26. The van der Waals surface area contributed by atoms with E-state index < -0.39 is 10.0 Å². The molecule has 2 heterocycles. The molecule has 1 aromatic heterocycles. The van der Waals surface area contributed by atoms with Crippen LogP contribution in [-0.4, -0.2) is 44.6 Å². The van der Waals surface area contributed by atoms with Crippen LogP contribution in [0.25, 0.3) is 11.0 Å². The highest BCUT2D eigenvalue weighted by Crippen LogP contribution is 2.25. The van der Waals surface area contributed by atoms with E-state index in [4.69, 9.17) is 9.15 Å². The first-order valence-electron chi connectivity index (χ1n) is 9.87. The van der Waals surface area contributed by atoms with Crippen LogP contribution in [0.5, 0.6) is 5.75 Å². The van der Waals surface area contributed by atoms with Crippen LogP contribution in [0.15, 0.2) is 52.9 Å². The van der Waals surface area contributed by atoms with Gasteiger partial charge in [-0.1, -0.05) is 24.3 Å². The number of ether oxygens (including phenoxy) is 1. The lowest BCUT2D eigenvalue weighted by molar-refractivity contribution is 0.0928. The largest absolute Gasteiger partial charge is 0.497 e. The van der Waals surface area contributed by atoms with E-state index in [2.05, 4.69) is 5.32 Å². The van der Waals surface area contributed by atoms with Gasteiger partial charge in [0.2, 0.25) is 10.0 Å². The zero-order chi connectivity index (χ0) is 21.1. The Labute approximate surface area is 175 Å². The molecule has 2 aromatic carbocycles. The number of furan rings is 1. The van der Waals surface area contributed by atoms with Crippen LogP contribution in [0.2, 0.25) is 0 Å². The van der Waals surface area contributed by atoms with Crippen molar-refractivity contribution in [1.29, 1.82) is 0 Å². The Kier molecular flexibility index (Phi) is 5.78. The van der Waals surface area contributed by atoms with Gasteiger partial charge in [-0.2, -0.15) is 4.31 Å². The van der Waals surface area contributed by atoms with Crippen molar-refractivity contribution < 1.29 is 22.4 Å². The van der Waals surface area contributed by atoms with E-state index >= 15 is 0 Å². The molecule has 158 valence electrons. The number of sulfonamides is 1. The number of hydrogen-bond acceptors (Lipinski definition) is 5. The average molecular weight is 429 g/mol. The Hall–Kier alpha value is -2.84.